The number of hydrogen-bond acceptors (Lipinski definition) is 6. The van der Waals surface area contributed by atoms with Crippen molar-refractivity contribution in [1.82, 2.24) is 9.97 Å². The largest absolute Gasteiger partial charge is 0.479 e. The van der Waals surface area contributed by atoms with E-state index in [1.54, 1.807) is 30.3 Å². The van der Waals surface area contributed by atoms with Crippen LogP contribution in [0.1, 0.15) is 13.3 Å². The van der Waals surface area contributed by atoms with Gasteiger partial charge in [0, 0.05) is 18.1 Å². The number of aromatic nitrogens is 2. The van der Waals surface area contributed by atoms with E-state index in [-0.39, 0.29) is 16.8 Å². The first kappa shape index (κ1) is 21.5. The quantitative estimate of drug-likeness (QED) is 0.545. The minimum absolute atomic E-state index is 0.00677. The number of halogens is 1. The van der Waals surface area contributed by atoms with E-state index in [1.165, 1.54) is 36.7 Å². The van der Waals surface area contributed by atoms with Crippen LogP contribution in [-0.2, 0) is 14.8 Å². The summed E-state index contributed by atoms with van der Waals surface area (Å²) < 4.78 is 32.8. The maximum atomic E-state index is 12.6. The zero-order valence-corrected chi connectivity index (χ0v) is 17.5. The van der Waals surface area contributed by atoms with Crippen LogP contribution in [0.25, 0.3) is 0 Å². The molecule has 0 saturated carbocycles. The number of hydrogen-bond donors (Lipinski definition) is 2. The first-order valence-corrected chi connectivity index (χ1v) is 10.9. The maximum Gasteiger partial charge on any atom is 0.265 e. The van der Waals surface area contributed by atoms with Gasteiger partial charge in [0.15, 0.2) is 6.10 Å². The second kappa shape index (κ2) is 9.55. The Balaban J connectivity index is 1.67. The summed E-state index contributed by atoms with van der Waals surface area (Å²) >= 11 is 6.08. The lowest BCUT2D eigenvalue weighted by Gasteiger charge is -2.18. The van der Waals surface area contributed by atoms with Crippen molar-refractivity contribution in [3.8, 4) is 5.75 Å². The molecule has 0 aliphatic heterocycles. The summed E-state index contributed by atoms with van der Waals surface area (Å²) in [5.41, 5.74) is 0.427. The number of carbonyl (C=O) groups excluding carboxylic acids is 1. The van der Waals surface area contributed by atoms with E-state index >= 15 is 0 Å². The molecule has 1 aromatic heterocycles. The first-order valence-electron chi connectivity index (χ1n) is 9.01. The molecule has 3 aromatic rings. The lowest BCUT2D eigenvalue weighted by Crippen LogP contribution is -2.32. The summed E-state index contributed by atoms with van der Waals surface area (Å²) in [7, 11) is -3.85. The summed E-state index contributed by atoms with van der Waals surface area (Å²) in [4.78, 5) is 20.2. The van der Waals surface area contributed by atoms with Crippen LogP contribution in [0.3, 0.4) is 0 Å². The van der Waals surface area contributed by atoms with E-state index < -0.39 is 16.1 Å². The molecule has 30 heavy (non-hydrogen) atoms. The fraction of sp³-hybridized carbons (Fsp3) is 0.150. The predicted octanol–water partition coefficient (Wildman–Crippen LogP) is 3.73. The van der Waals surface area contributed by atoms with Crippen molar-refractivity contribution in [1.29, 1.82) is 0 Å². The molecule has 0 saturated heterocycles. The molecule has 0 bridgehead atoms. The molecule has 0 aliphatic rings. The first-order chi connectivity index (χ1) is 14.4. The molecule has 2 N–H and O–H groups in total. The highest BCUT2D eigenvalue weighted by atomic mass is 35.5. The minimum Gasteiger partial charge on any atom is -0.479 e. The average Bonchev–Trinajstić information content (AvgIpc) is 2.74. The Bertz CT molecular complexity index is 1110. The van der Waals surface area contributed by atoms with Crippen molar-refractivity contribution in [2.45, 2.75) is 24.3 Å². The maximum absolute atomic E-state index is 12.6. The Labute approximate surface area is 179 Å². The SMILES string of the molecule is CC[C@@H](Oc1ccccc1Cl)C(=O)Nc1ccc(S(=O)(=O)Nc2ncccn2)cc1. The Morgan fingerprint density at radius 2 is 1.73 bits per heavy atom. The van der Waals surface area contributed by atoms with Crippen LogP contribution in [0.4, 0.5) is 11.6 Å². The second-order valence-electron chi connectivity index (χ2n) is 6.14. The lowest BCUT2D eigenvalue weighted by molar-refractivity contribution is -0.122. The van der Waals surface area contributed by atoms with Crippen molar-refractivity contribution >= 4 is 39.2 Å². The minimum atomic E-state index is -3.85. The van der Waals surface area contributed by atoms with Gasteiger partial charge in [-0.15, -0.1) is 0 Å². The zero-order valence-electron chi connectivity index (χ0n) is 15.9. The number of benzene rings is 2. The second-order valence-corrected chi connectivity index (χ2v) is 8.23. The highest BCUT2D eigenvalue weighted by molar-refractivity contribution is 7.92. The van der Waals surface area contributed by atoms with E-state index in [4.69, 9.17) is 16.3 Å². The fourth-order valence-corrected chi connectivity index (χ4v) is 3.63. The van der Waals surface area contributed by atoms with E-state index in [0.717, 1.165) is 0 Å². The van der Waals surface area contributed by atoms with Crippen LogP contribution >= 0.6 is 11.6 Å². The molecule has 0 fully saturated rings. The van der Waals surface area contributed by atoms with Crippen molar-refractivity contribution < 1.29 is 17.9 Å². The topological polar surface area (TPSA) is 110 Å². The lowest BCUT2D eigenvalue weighted by atomic mass is 10.2. The Morgan fingerprint density at radius 3 is 2.37 bits per heavy atom. The molecule has 3 rings (SSSR count). The van der Waals surface area contributed by atoms with Gasteiger partial charge in [0.1, 0.15) is 5.75 Å². The number of nitrogens with zero attached hydrogens (tertiary/aromatic N) is 2. The highest BCUT2D eigenvalue weighted by Gasteiger charge is 2.20. The van der Waals surface area contributed by atoms with E-state index in [1.807, 2.05) is 6.92 Å². The van der Waals surface area contributed by atoms with Crippen LogP contribution in [0.15, 0.2) is 71.9 Å². The summed E-state index contributed by atoms with van der Waals surface area (Å²) in [5.74, 6) is 0.0121. The molecule has 2 aromatic carbocycles. The van der Waals surface area contributed by atoms with Gasteiger partial charge in [-0.25, -0.2) is 23.1 Å². The van der Waals surface area contributed by atoms with E-state index in [2.05, 4.69) is 20.0 Å². The van der Waals surface area contributed by atoms with Gasteiger partial charge >= 0.3 is 0 Å². The number of amides is 1. The van der Waals surface area contributed by atoms with Crippen LogP contribution in [0.2, 0.25) is 5.02 Å². The van der Waals surface area contributed by atoms with Gasteiger partial charge in [-0.1, -0.05) is 30.7 Å². The van der Waals surface area contributed by atoms with Gasteiger partial charge in [0.05, 0.1) is 9.92 Å². The smallest absolute Gasteiger partial charge is 0.265 e. The van der Waals surface area contributed by atoms with Crippen LogP contribution in [0.5, 0.6) is 5.75 Å². The normalized spacial score (nSPS) is 12.1. The fourth-order valence-electron chi connectivity index (χ4n) is 2.49. The molecule has 0 aliphatic carbocycles. The third-order valence-corrected chi connectivity index (χ3v) is 5.65. The molecule has 156 valence electrons. The average molecular weight is 447 g/mol. The Kier molecular flexibility index (Phi) is 6.86. The van der Waals surface area contributed by atoms with E-state index in [9.17, 15) is 13.2 Å². The molecule has 1 heterocycles. The van der Waals surface area contributed by atoms with E-state index in [0.29, 0.717) is 22.9 Å². The molecule has 10 heteroatoms. The third kappa shape index (κ3) is 5.46. The molecule has 1 atom stereocenters. The third-order valence-electron chi connectivity index (χ3n) is 3.99. The van der Waals surface area contributed by atoms with Crippen LogP contribution in [-0.4, -0.2) is 30.4 Å². The standard InChI is InChI=1S/C20H19ClN4O4S/c1-2-17(29-18-7-4-3-6-16(18)21)19(26)24-14-8-10-15(11-9-14)30(27,28)25-20-22-12-5-13-23-20/h3-13,17H,2H2,1H3,(H,24,26)(H,22,23,25)/t17-/m1/s1. The molecule has 0 radical (unpaired) electrons. The number of sulfonamides is 1. The Morgan fingerprint density at radius 1 is 1.07 bits per heavy atom. The van der Waals surface area contributed by atoms with Crippen LogP contribution in [0, 0.1) is 0 Å². The number of nitrogens with one attached hydrogen (secondary N) is 2. The molecule has 0 spiro atoms. The molecular formula is C20H19ClN4O4S. The number of para-hydroxylation sites is 1. The highest BCUT2D eigenvalue weighted by Crippen LogP contribution is 2.25. The number of anilines is 2. The number of carbonyl (C=O) groups is 1. The van der Waals surface area contributed by atoms with Gasteiger partial charge in [-0.3, -0.25) is 4.79 Å². The van der Waals surface area contributed by atoms with Gasteiger partial charge in [0.25, 0.3) is 15.9 Å². The van der Waals surface area contributed by atoms with Gasteiger partial charge in [-0.2, -0.15) is 0 Å². The van der Waals surface area contributed by atoms with Gasteiger partial charge < -0.3 is 10.1 Å². The molecule has 8 nitrogen and oxygen atoms in total. The summed E-state index contributed by atoms with van der Waals surface area (Å²) in [6.07, 6.45) is 2.52. The van der Waals surface area contributed by atoms with Crippen molar-refractivity contribution in [3.63, 3.8) is 0 Å². The van der Waals surface area contributed by atoms with Gasteiger partial charge in [0.2, 0.25) is 5.95 Å². The van der Waals surface area contributed by atoms with Crippen molar-refractivity contribution in [2.24, 2.45) is 0 Å². The van der Waals surface area contributed by atoms with Crippen LogP contribution < -0.4 is 14.8 Å². The molecule has 1 amide bonds. The molecule has 0 unspecified atom stereocenters. The van der Waals surface area contributed by atoms with Crippen molar-refractivity contribution in [2.75, 3.05) is 10.0 Å². The van der Waals surface area contributed by atoms with Gasteiger partial charge in [-0.05, 0) is 48.9 Å². The summed E-state index contributed by atoms with van der Waals surface area (Å²) in [6, 6.07) is 14.2. The zero-order chi connectivity index (χ0) is 21.6. The summed E-state index contributed by atoms with van der Waals surface area (Å²) in [6.45, 7) is 1.81. The van der Waals surface area contributed by atoms with Crippen molar-refractivity contribution in [3.05, 3.63) is 72.0 Å². The monoisotopic (exact) mass is 446 g/mol. The number of ether oxygens (including phenoxy) is 1. The summed E-state index contributed by atoms with van der Waals surface area (Å²) in [5, 5.41) is 3.12. The molecular weight excluding hydrogens is 428 g/mol. The number of rotatable bonds is 8. The Hall–Kier alpha value is -3.17. The predicted molar refractivity (Wildman–Crippen MR) is 114 cm³/mol.